The van der Waals surface area contributed by atoms with Crippen molar-refractivity contribution in [1.29, 1.82) is 0 Å². The van der Waals surface area contributed by atoms with Gasteiger partial charge in [0.25, 0.3) is 0 Å². The highest BCUT2D eigenvalue weighted by atomic mass is 16.5. The van der Waals surface area contributed by atoms with Crippen molar-refractivity contribution in [2.45, 2.75) is 39.2 Å². The number of anilines is 1. The van der Waals surface area contributed by atoms with Crippen LogP contribution in [0, 0.1) is 5.92 Å². The number of carbonyl (C=O) groups excluding carboxylic acids is 1. The fraction of sp³-hybridized carbons (Fsp3) is 0.625. The quantitative estimate of drug-likeness (QED) is 0.814. The number of carbonyl (C=O) groups is 1. The Morgan fingerprint density at radius 2 is 2.29 bits per heavy atom. The normalized spacial score (nSPS) is 21.3. The van der Waals surface area contributed by atoms with Crippen LogP contribution in [0.2, 0.25) is 0 Å². The van der Waals surface area contributed by atoms with Crippen molar-refractivity contribution >= 4 is 11.8 Å². The third-order valence-electron chi connectivity index (χ3n) is 4.22. The summed E-state index contributed by atoms with van der Waals surface area (Å²) in [5.74, 6) is 0.896. The number of aromatic nitrogens is 1. The van der Waals surface area contributed by atoms with Crippen LogP contribution in [0.25, 0.3) is 0 Å². The van der Waals surface area contributed by atoms with Gasteiger partial charge in [-0.05, 0) is 51.3 Å². The van der Waals surface area contributed by atoms with Crippen LogP contribution in [0.3, 0.4) is 0 Å². The molecule has 0 bridgehead atoms. The molecule has 1 fully saturated rings. The molecular weight excluding hydrogens is 266 g/mol. The number of nitrogens with two attached hydrogens (primary N) is 1. The second-order valence-corrected chi connectivity index (χ2v) is 5.38. The van der Waals surface area contributed by atoms with Crippen LogP contribution in [0.4, 0.5) is 5.82 Å². The van der Waals surface area contributed by atoms with Gasteiger partial charge in [0.2, 0.25) is 0 Å². The summed E-state index contributed by atoms with van der Waals surface area (Å²) in [4.78, 5) is 18.8. The third-order valence-corrected chi connectivity index (χ3v) is 4.22. The fourth-order valence-corrected chi connectivity index (χ4v) is 3.24. The van der Waals surface area contributed by atoms with E-state index in [4.69, 9.17) is 10.5 Å². The zero-order valence-corrected chi connectivity index (χ0v) is 12.9. The van der Waals surface area contributed by atoms with Gasteiger partial charge in [0.1, 0.15) is 11.4 Å². The van der Waals surface area contributed by atoms with E-state index < -0.39 is 0 Å². The highest BCUT2D eigenvalue weighted by molar-refractivity contribution is 5.94. The third kappa shape index (κ3) is 3.35. The molecule has 2 unspecified atom stereocenters. The average molecular weight is 291 g/mol. The average Bonchev–Trinajstić information content (AvgIpc) is 2.97. The summed E-state index contributed by atoms with van der Waals surface area (Å²) in [6, 6.07) is 3.93. The predicted molar refractivity (Wildman–Crippen MR) is 83.4 cm³/mol. The Balaban J connectivity index is 2.31. The Morgan fingerprint density at radius 1 is 1.48 bits per heavy atom. The highest BCUT2D eigenvalue weighted by Gasteiger charge is 2.33. The highest BCUT2D eigenvalue weighted by Crippen LogP contribution is 2.33. The van der Waals surface area contributed by atoms with Gasteiger partial charge in [-0.15, -0.1) is 0 Å². The predicted octanol–water partition coefficient (Wildman–Crippen LogP) is 2.21. The number of rotatable bonds is 6. The lowest BCUT2D eigenvalue weighted by molar-refractivity contribution is 0.0526. The molecule has 1 aromatic heterocycles. The molecule has 1 saturated carbocycles. The molecule has 2 N–H and O–H groups in total. The Morgan fingerprint density at radius 3 is 2.95 bits per heavy atom. The van der Waals surface area contributed by atoms with Crippen LogP contribution in [0.5, 0.6) is 0 Å². The maximum Gasteiger partial charge on any atom is 0.341 e. The summed E-state index contributed by atoms with van der Waals surface area (Å²) in [5.41, 5.74) is 6.45. The van der Waals surface area contributed by atoms with Crippen molar-refractivity contribution in [1.82, 2.24) is 4.98 Å². The van der Waals surface area contributed by atoms with E-state index in [1.54, 1.807) is 18.3 Å². The molecule has 0 aliphatic heterocycles. The molecular formula is C16H25N3O2. The maximum atomic E-state index is 12.1. The molecule has 1 heterocycles. The Hall–Kier alpha value is -1.62. The molecule has 116 valence electrons. The van der Waals surface area contributed by atoms with Gasteiger partial charge >= 0.3 is 5.97 Å². The summed E-state index contributed by atoms with van der Waals surface area (Å²) in [6.45, 7) is 5.77. The Bertz CT molecular complexity index is 478. The minimum atomic E-state index is -0.304. The molecule has 1 aromatic rings. The minimum Gasteiger partial charge on any atom is -0.462 e. The SMILES string of the molecule is CCOC(=O)c1cccnc1N(CC)C1CCCC1CN. The van der Waals surface area contributed by atoms with Crippen molar-refractivity contribution < 1.29 is 9.53 Å². The molecule has 21 heavy (non-hydrogen) atoms. The first-order valence-corrected chi connectivity index (χ1v) is 7.81. The van der Waals surface area contributed by atoms with E-state index in [-0.39, 0.29) is 5.97 Å². The number of hydrogen-bond donors (Lipinski definition) is 1. The first-order valence-electron chi connectivity index (χ1n) is 7.81. The Kier molecular flexibility index (Phi) is 5.56. The fourth-order valence-electron chi connectivity index (χ4n) is 3.24. The van der Waals surface area contributed by atoms with Crippen LogP contribution in [0.1, 0.15) is 43.5 Å². The van der Waals surface area contributed by atoms with Gasteiger partial charge in [-0.3, -0.25) is 0 Å². The van der Waals surface area contributed by atoms with Crippen molar-refractivity contribution in [2.75, 3.05) is 24.6 Å². The lowest BCUT2D eigenvalue weighted by Gasteiger charge is -2.33. The first-order chi connectivity index (χ1) is 10.2. The van der Waals surface area contributed by atoms with Crippen molar-refractivity contribution in [3.63, 3.8) is 0 Å². The second-order valence-electron chi connectivity index (χ2n) is 5.38. The Labute approximate surface area is 126 Å². The van der Waals surface area contributed by atoms with E-state index >= 15 is 0 Å². The molecule has 0 radical (unpaired) electrons. The van der Waals surface area contributed by atoms with Crippen LogP contribution >= 0.6 is 0 Å². The molecule has 2 atom stereocenters. The summed E-state index contributed by atoms with van der Waals surface area (Å²) in [7, 11) is 0. The van der Waals surface area contributed by atoms with Gasteiger partial charge < -0.3 is 15.4 Å². The molecule has 2 rings (SSSR count). The van der Waals surface area contributed by atoms with Crippen LogP contribution in [-0.2, 0) is 4.74 Å². The van der Waals surface area contributed by atoms with Crippen molar-refractivity contribution in [2.24, 2.45) is 11.7 Å². The smallest absolute Gasteiger partial charge is 0.341 e. The van der Waals surface area contributed by atoms with E-state index in [0.717, 1.165) is 25.2 Å². The number of ether oxygens (including phenoxy) is 1. The largest absolute Gasteiger partial charge is 0.462 e. The van der Waals surface area contributed by atoms with Gasteiger partial charge in [0.05, 0.1) is 6.61 Å². The van der Waals surface area contributed by atoms with E-state index in [0.29, 0.717) is 30.7 Å². The molecule has 1 aliphatic carbocycles. The van der Waals surface area contributed by atoms with E-state index in [9.17, 15) is 4.79 Å². The van der Waals surface area contributed by atoms with Crippen molar-refractivity contribution in [3.05, 3.63) is 23.9 Å². The van der Waals surface area contributed by atoms with Crippen LogP contribution in [0.15, 0.2) is 18.3 Å². The number of nitrogens with zero attached hydrogens (tertiary/aromatic N) is 2. The lowest BCUT2D eigenvalue weighted by Crippen LogP contribution is -2.41. The number of esters is 1. The summed E-state index contributed by atoms with van der Waals surface area (Å²) < 4.78 is 5.15. The standard InChI is InChI=1S/C16H25N3O2/c1-3-19(14-9-5-7-12(14)11-17)15-13(8-6-10-18-15)16(20)21-4-2/h6,8,10,12,14H,3-5,7,9,11,17H2,1-2H3. The molecule has 1 aliphatic rings. The summed E-state index contributed by atoms with van der Waals surface area (Å²) in [5, 5.41) is 0. The molecule has 5 nitrogen and oxygen atoms in total. The number of hydrogen-bond acceptors (Lipinski definition) is 5. The summed E-state index contributed by atoms with van der Waals surface area (Å²) >= 11 is 0. The molecule has 0 saturated heterocycles. The summed E-state index contributed by atoms with van der Waals surface area (Å²) in [6.07, 6.45) is 5.17. The van der Waals surface area contributed by atoms with Gasteiger partial charge in [-0.25, -0.2) is 9.78 Å². The van der Waals surface area contributed by atoms with E-state index in [1.165, 1.54) is 6.42 Å². The van der Waals surface area contributed by atoms with Gasteiger partial charge in [0.15, 0.2) is 0 Å². The zero-order chi connectivity index (χ0) is 15.2. The monoisotopic (exact) mass is 291 g/mol. The number of pyridine rings is 1. The van der Waals surface area contributed by atoms with Crippen LogP contribution in [-0.4, -0.2) is 36.7 Å². The topological polar surface area (TPSA) is 68.5 Å². The van der Waals surface area contributed by atoms with Crippen LogP contribution < -0.4 is 10.6 Å². The maximum absolute atomic E-state index is 12.1. The zero-order valence-electron chi connectivity index (χ0n) is 12.9. The second kappa shape index (κ2) is 7.41. The molecule has 0 aromatic carbocycles. The van der Waals surface area contributed by atoms with Gasteiger partial charge in [0, 0.05) is 18.8 Å². The molecule has 0 amide bonds. The minimum absolute atomic E-state index is 0.304. The van der Waals surface area contributed by atoms with Gasteiger partial charge in [-0.2, -0.15) is 0 Å². The molecule has 5 heteroatoms. The molecule has 0 spiro atoms. The van der Waals surface area contributed by atoms with E-state index in [2.05, 4.69) is 16.8 Å². The van der Waals surface area contributed by atoms with E-state index in [1.807, 2.05) is 6.92 Å². The lowest BCUT2D eigenvalue weighted by atomic mass is 10.0. The van der Waals surface area contributed by atoms with Gasteiger partial charge in [-0.1, -0.05) is 6.42 Å². The van der Waals surface area contributed by atoms with Crippen molar-refractivity contribution in [3.8, 4) is 0 Å². The first kappa shape index (κ1) is 15.8.